The lowest BCUT2D eigenvalue weighted by Crippen LogP contribution is -2.46. The second-order valence-corrected chi connectivity index (χ2v) is 10.9. The monoisotopic (exact) mass is 572 g/mol. The number of hydrogen-bond acceptors (Lipinski definition) is 9. The van der Waals surface area contributed by atoms with Gasteiger partial charge in [-0.15, -0.1) is 6.58 Å². The normalized spacial score (nSPS) is 14.3. The van der Waals surface area contributed by atoms with E-state index < -0.39 is 11.6 Å². The number of pyridine rings is 1. The maximum Gasteiger partial charge on any atom is 0.303 e. The summed E-state index contributed by atoms with van der Waals surface area (Å²) >= 11 is 0. The zero-order valence-electron chi connectivity index (χ0n) is 23.9. The van der Waals surface area contributed by atoms with E-state index in [4.69, 9.17) is 5.11 Å². The molecule has 0 spiro atoms. The Labute approximate surface area is 243 Å². The minimum atomic E-state index is -1.16. The van der Waals surface area contributed by atoms with Gasteiger partial charge >= 0.3 is 5.97 Å². The Balaban J connectivity index is 1.35. The zero-order valence-corrected chi connectivity index (χ0v) is 23.9. The third-order valence-electron chi connectivity index (χ3n) is 7.28. The Bertz CT molecular complexity index is 1630. The molecule has 0 saturated carbocycles. The van der Waals surface area contributed by atoms with E-state index in [9.17, 15) is 14.7 Å². The Morgan fingerprint density at radius 3 is 2.50 bits per heavy atom. The van der Waals surface area contributed by atoms with Crippen LogP contribution in [0.15, 0.2) is 66.1 Å². The molecule has 5 rings (SSSR count). The minimum Gasteiger partial charge on any atom is -0.481 e. The van der Waals surface area contributed by atoms with Crippen LogP contribution in [0.1, 0.15) is 32.4 Å². The van der Waals surface area contributed by atoms with E-state index in [0.717, 1.165) is 44.1 Å². The van der Waals surface area contributed by atoms with E-state index in [0.29, 0.717) is 34.9 Å². The molecule has 12 heteroatoms. The lowest BCUT2D eigenvalue weighted by atomic mass is 10.1. The van der Waals surface area contributed by atoms with Crippen LogP contribution < -0.4 is 15.8 Å². The highest BCUT2D eigenvalue weighted by atomic mass is 16.4. The lowest BCUT2D eigenvalue weighted by molar-refractivity contribution is -0.137. The van der Waals surface area contributed by atoms with Gasteiger partial charge in [0.1, 0.15) is 11.0 Å². The molecule has 0 aliphatic carbocycles. The number of carbonyl (C=O) groups is 1. The molecule has 42 heavy (non-hydrogen) atoms. The van der Waals surface area contributed by atoms with Crippen molar-refractivity contribution in [2.24, 2.45) is 0 Å². The van der Waals surface area contributed by atoms with Crippen molar-refractivity contribution in [2.75, 3.05) is 42.9 Å². The second-order valence-electron chi connectivity index (χ2n) is 10.9. The van der Waals surface area contributed by atoms with Crippen LogP contribution in [0.4, 0.5) is 17.3 Å². The number of anilines is 3. The van der Waals surface area contributed by atoms with Gasteiger partial charge in [-0.05, 0) is 63.2 Å². The Morgan fingerprint density at radius 2 is 1.83 bits per heavy atom. The molecule has 1 saturated heterocycles. The molecule has 0 atom stereocenters. The lowest BCUT2D eigenvalue weighted by Gasteiger charge is -2.36. The highest BCUT2D eigenvalue weighted by molar-refractivity contribution is 5.77. The van der Waals surface area contributed by atoms with Crippen LogP contribution in [0.5, 0.6) is 0 Å². The number of aliphatic carboxylic acids is 1. The van der Waals surface area contributed by atoms with Crippen LogP contribution in [-0.2, 0) is 16.9 Å². The summed E-state index contributed by atoms with van der Waals surface area (Å²) in [6.07, 6.45) is 4.01. The fraction of sp³-hybridized carbons (Fsp3) is 0.367. The van der Waals surface area contributed by atoms with Crippen LogP contribution >= 0.6 is 0 Å². The molecule has 4 aromatic rings. The molecule has 0 radical (unpaired) electrons. The molecule has 1 aliphatic heterocycles. The number of piperazine rings is 1. The summed E-state index contributed by atoms with van der Waals surface area (Å²) in [5.41, 5.74) is 1.33. The quantitative estimate of drug-likeness (QED) is 0.230. The van der Waals surface area contributed by atoms with Crippen molar-refractivity contribution in [3.05, 3.63) is 77.4 Å². The van der Waals surface area contributed by atoms with Crippen molar-refractivity contribution in [3.8, 4) is 5.82 Å². The third-order valence-corrected chi connectivity index (χ3v) is 7.28. The molecular weight excluding hydrogens is 536 g/mol. The zero-order chi connectivity index (χ0) is 29.9. The van der Waals surface area contributed by atoms with Crippen molar-refractivity contribution in [1.29, 1.82) is 0 Å². The molecule has 0 bridgehead atoms. The molecule has 220 valence electrons. The van der Waals surface area contributed by atoms with Gasteiger partial charge < -0.3 is 20.4 Å². The van der Waals surface area contributed by atoms with Gasteiger partial charge in [0.2, 0.25) is 5.95 Å². The van der Waals surface area contributed by atoms with Crippen molar-refractivity contribution in [3.63, 3.8) is 0 Å². The van der Waals surface area contributed by atoms with Gasteiger partial charge in [0.05, 0.1) is 12.2 Å². The number of fused-ring (bicyclic) bond motifs is 1. The maximum absolute atomic E-state index is 13.2. The van der Waals surface area contributed by atoms with Crippen molar-refractivity contribution in [1.82, 2.24) is 29.2 Å². The smallest absolute Gasteiger partial charge is 0.303 e. The highest BCUT2D eigenvalue weighted by Crippen LogP contribution is 2.24. The number of nitrogens with zero attached hydrogens (tertiary/aromatic N) is 7. The second kappa shape index (κ2) is 12.1. The van der Waals surface area contributed by atoms with Gasteiger partial charge in [0.25, 0.3) is 5.56 Å². The summed E-state index contributed by atoms with van der Waals surface area (Å²) in [7, 11) is 0. The summed E-state index contributed by atoms with van der Waals surface area (Å²) < 4.78 is 3.12. The van der Waals surface area contributed by atoms with E-state index in [1.807, 2.05) is 24.3 Å². The van der Waals surface area contributed by atoms with Crippen molar-refractivity contribution in [2.45, 2.75) is 38.8 Å². The number of rotatable bonds is 11. The predicted molar refractivity (Wildman–Crippen MR) is 162 cm³/mol. The first-order valence-electron chi connectivity index (χ1n) is 14.0. The number of carboxylic acid groups (broad SMARTS) is 1. The Kier molecular flexibility index (Phi) is 8.36. The van der Waals surface area contributed by atoms with Gasteiger partial charge in [0.15, 0.2) is 11.5 Å². The molecule has 1 fully saturated rings. The number of aliphatic hydroxyl groups is 1. The average Bonchev–Trinajstić information content (AvgIpc) is 3.24. The number of benzene rings is 1. The number of aromatic nitrogens is 5. The summed E-state index contributed by atoms with van der Waals surface area (Å²) in [6.45, 7) is 11.7. The van der Waals surface area contributed by atoms with Crippen LogP contribution in [0.2, 0.25) is 0 Å². The molecule has 1 aromatic carbocycles. The van der Waals surface area contributed by atoms with Gasteiger partial charge in [-0.3, -0.25) is 14.5 Å². The molecule has 12 nitrogen and oxygen atoms in total. The Hall–Kier alpha value is -4.55. The highest BCUT2D eigenvalue weighted by Gasteiger charge is 2.22. The van der Waals surface area contributed by atoms with Crippen molar-refractivity contribution < 1.29 is 15.0 Å². The first-order valence-corrected chi connectivity index (χ1v) is 14.0. The van der Waals surface area contributed by atoms with Gasteiger partial charge in [0, 0.05) is 50.2 Å². The first-order chi connectivity index (χ1) is 20.1. The van der Waals surface area contributed by atoms with Crippen LogP contribution in [-0.4, -0.2) is 78.1 Å². The standard InChI is InChI=1S/C30H36N8O4/c1-4-14-37-28(41)23-20-31-29(34-27(23)38(37)25-8-5-7-24(33-25)30(2,3)42)32-21-10-12-22(13-11-21)36-18-16-35(17-19-36)15-6-9-26(39)40/h4-5,7-8,10-13,20,42H,1,6,9,14-19H2,2-3H3,(H,39,40)(H,31,32,34). The fourth-order valence-electron chi connectivity index (χ4n) is 5.06. The predicted octanol–water partition coefficient (Wildman–Crippen LogP) is 3.12. The van der Waals surface area contributed by atoms with E-state index in [-0.39, 0.29) is 18.5 Å². The number of carboxylic acids is 1. The number of hydrogen-bond donors (Lipinski definition) is 3. The SMILES string of the molecule is C=CCn1c(=O)c2cnc(Nc3ccc(N4CCN(CCCC(=O)O)CC4)cc3)nc2n1-c1cccc(C(C)(C)O)n1. The molecule has 4 heterocycles. The summed E-state index contributed by atoms with van der Waals surface area (Å²) in [5.74, 6) is 0.0232. The van der Waals surface area contributed by atoms with Crippen LogP contribution in [0.3, 0.4) is 0 Å². The molecule has 3 aromatic heterocycles. The van der Waals surface area contributed by atoms with E-state index in [1.54, 1.807) is 42.8 Å². The van der Waals surface area contributed by atoms with E-state index in [1.165, 1.54) is 10.9 Å². The van der Waals surface area contributed by atoms with E-state index >= 15 is 0 Å². The average molecular weight is 573 g/mol. The summed E-state index contributed by atoms with van der Waals surface area (Å²) in [6, 6.07) is 13.3. The van der Waals surface area contributed by atoms with Gasteiger partial charge in [-0.2, -0.15) is 4.98 Å². The minimum absolute atomic E-state index is 0.205. The first kappa shape index (κ1) is 29.0. The van der Waals surface area contributed by atoms with Crippen LogP contribution in [0, 0.1) is 0 Å². The Morgan fingerprint density at radius 1 is 1.10 bits per heavy atom. The van der Waals surface area contributed by atoms with Gasteiger partial charge in [-0.25, -0.2) is 19.3 Å². The summed E-state index contributed by atoms with van der Waals surface area (Å²) in [4.78, 5) is 42.3. The molecular formula is C30H36N8O4. The molecule has 3 N–H and O–H groups in total. The van der Waals surface area contributed by atoms with E-state index in [2.05, 4.69) is 36.6 Å². The summed E-state index contributed by atoms with van der Waals surface area (Å²) in [5, 5.41) is 22.9. The molecule has 0 unspecified atom stereocenters. The van der Waals surface area contributed by atoms with Gasteiger partial charge in [-0.1, -0.05) is 12.1 Å². The number of allylic oxidation sites excluding steroid dienone is 1. The third kappa shape index (κ3) is 6.34. The topological polar surface area (TPSA) is 142 Å². The molecule has 1 aliphatic rings. The van der Waals surface area contributed by atoms with Crippen molar-refractivity contribution >= 4 is 34.3 Å². The largest absolute Gasteiger partial charge is 0.481 e. The van der Waals surface area contributed by atoms with Crippen LogP contribution in [0.25, 0.3) is 16.9 Å². The maximum atomic E-state index is 13.2. The number of nitrogens with one attached hydrogen (secondary N) is 1. The fourth-order valence-corrected chi connectivity index (χ4v) is 5.06. The molecule has 0 amide bonds.